The fraction of sp³-hybridized carbons (Fsp3) is 0.0769. The second-order valence-electron chi connectivity index (χ2n) is 3.53. The van der Waals surface area contributed by atoms with Gasteiger partial charge in [0.2, 0.25) is 5.43 Å². The first-order valence-corrected chi connectivity index (χ1v) is 4.98. The van der Waals surface area contributed by atoms with Crippen molar-refractivity contribution < 1.29 is 9.84 Å². The fourth-order valence-corrected chi connectivity index (χ4v) is 1.45. The van der Waals surface area contributed by atoms with Crippen LogP contribution in [0.5, 0.6) is 11.5 Å². The van der Waals surface area contributed by atoms with Crippen LogP contribution in [-0.4, -0.2) is 12.2 Å². The molecule has 0 saturated heterocycles. The van der Waals surface area contributed by atoms with Crippen LogP contribution in [0.3, 0.4) is 0 Å². The number of methoxy groups -OCH3 is 1. The van der Waals surface area contributed by atoms with E-state index in [1.807, 2.05) is 0 Å². The van der Waals surface area contributed by atoms with Gasteiger partial charge in [0, 0.05) is 0 Å². The molecule has 1 N–H and O–H groups in total. The van der Waals surface area contributed by atoms with Crippen molar-refractivity contribution in [3.05, 3.63) is 55.8 Å². The first-order valence-electron chi connectivity index (χ1n) is 4.98. The van der Waals surface area contributed by atoms with E-state index in [4.69, 9.17) is 9.84 Å². The Bertz CT molecular complexity index is 628. The van der Waals surface area contributed by atoms with Crippen molar-refractivity contribution >= 4 is 12.2 Å². The Kier molecular flexibility index (Phi) is 2.78. The minimum absolute atomic E-state index is 0.0609. The molecule has 0 heterocycles. The van der Waals surface area contributed by atoms with E-state index < -0.39 is 16.6 Å². The lowest BCUT2D eigenvalue weighted by atomic mass is 10.1. The van der Waals surface area contributed by atoms with Gasteiger partial charge in [-0.1, -0.05) is 18.2 Å². The van der Waals surface area contributed by atoms with Crippen LogP contribution in [0, 0.1) is 0 Å². The summed E-state index contributed by atoms with van der Waals surface area (Å²) >= 11 is 0. The summed E-state index contributed by atoms with van der Waals surface area (Å²) in [7, 11) is 1.58. The maximum atomic E-state index is 11.1. The van der Waals surface area contributed by atoms with E-state index in [-0.39, 0.29) is 5.56 Å². The van der Waals surface area contributed by atoms with Gasteiger partial charge < -0.3 is 9.84 Å². The molecule has 2 aromatic carbocycles. The molecule has 0 radical (unpaired) electrons. The molecule has 0 aliphatic heterocycles. The highest BCUT2D eigenvalue weighted by atomic mass is 16.5. The van der Waals surface area contributed by atoms with Crippen molar-refractivity contribution in [2.75, 3.05) is 7.11 Å². The Labute approximate surface area is 97.1 Å². The molecule has 0 spiro atoms. The molecule has 0 amide bonds. The van der Waals surface area contributed by atoms with Gasteiger partial charge in [-0.25, -0.2) is 0 Å². The first-order chi connectivity index (χ1) is 8.13. The standard InChI is InChI=1S/C13H10O4/c1-17-9-5-2-8(3-6-9)4-7-10-11(14)13(16)12(10)15/h2-7,14H,1H3/b7-4+. The van der Waals surface area contributed by atoms with Crippen LogP contribution < -0.4 is 15.6 Å². The van der Waals surface area contributed by atoms with Gasteiger partial charge in [0.1, 0.15) is 5.75 Å². The lowest BCUT2D eigenvalue weighted by Gasteiger charge is -2.00. The molecule has 0 aliphatic rings. The van der Waals surface area contributed by atoms with Crippen molar-refractivity contribution in [2.24, 2.45) is 0 Å². The van der Waals surface area contributed by atoms with E-state index in [1.54, 1.807) is 37.5 Å². The van der Waals surface area contributed by atoms with E-state index in [0.29, 0.717) is 0 Å². The predicted octanol–water partition coefficient (Wildman–Crippen LogP) is 1.17. The van der Waals surface area contributed by atoms with Gasteiger partial charge >= 0.3 is 0 Å². The summed E-state index contributed by atoms with van der Waals surface area (Å²) in [6.07, 6.45) is 3.08. The van der Waals surface area contributed by atoms with E-state index >= 15 is 0 Å². The zero-order chi connectivity index (χ0) is 12.4. The van der Waals surface area contributed by atoms with Crippen LogP contribution in [0.1, 0.15) is 11.1 Å². The number of ether oxygens (including phenoxy) is 1. The summed E-state index contributed by atoms with van der Waals surface area (Å²) in [5, 5.41) is 9.14. The maximum Gasteiger partial charge on any atom is 0.268 e. The van der Waals surface area contributed by atoms with Crippen molar-refractivity contribution in [1.82, 2.24) is 0 Å². The molecule has 4 heteroatoms. The average Bonchev–Trinajstić information content (AvgIpc) is 2.39. The number of hydrogen-bond acceptors (Lipinski definition) is 4. The summed E-state index contributed by atoms with van der Waals surface area (Å²) in [4.78, 5) is 21.8. The van der Waals surface area contributed by atoms with Gasteiger partial charge in [0.05, 0.1) is 12.7 Å². The molecule has 2 aromatic rings. The van der Waals surface area contributed by atoms with Gasteiger partial charge in [-0.05, 0) is 23.8 Å². The summed E-state index contributed by atoms with van der Waals surface area (Å²) < 4.78 is 5.00. The van der Waals surface area contributed by atoms with Gasteiger partial charge in [-0.15, -0.1) is 0 Å². The molecule has 2 rings (SSSR count). The van der Waals surface area contributed by atoms with Crippen LogP contribution >= 0.6 is 0 Å². The quantitative estimate of drug-likeness (QED) is 0.804. The van der Waals surface area contributed by atoms with Crippen molar-refractivity contribution in [3.8, 4) is 11.5 Å². The second-order valence-corrected chi connectivity index (χ2v) is 3.53. The topological polar surface area (TPSA) is 63.6 Å². The lowest BCUT2D eigenvalue weighted by molar-refractivity contribution is 0.415. The largest absolute Gasteiger partial charge is 0.504 e. The molecule has 0 aromatic heterocycles. The molecule has 4 nitrogen and oxygen atoms in total. The zero-order valence-electron chi connectivity index (χ0n) is 9.14. The summed E-state index contributed by atoms with van der Waals surface area (Å²) in [5.74, 6) is 0.277. The second kappa shape index (κ2) is 4.25. The van der Waals surface area contributed by atoms with Gasteiger partial charge in [-0.3, -0.25) is 9.59 Å². The Balaban J connectivity index is 2.21. The summed E-state index contributed by atoms with van der Waals surface area (Å²) in [6, 6.07) is 7.17. The lowest BCUT2D eigenvalue weighted by Crippen LogP contribution is -2.32. The van der Waals surface area contributed by atoms with E-state index in [1.165, 1.54) is 6.08 Å². The third-order valence-electron chi connectivity index (χ3n) is 2.48. The van der Waals surface area contributed by atoms with Crippen LogP contribution in [0.25, 0.3) is 12.2 Å². The number of benzene rings is 1. The van der Waals surface area contributed by atoms with Crippen LogP contribution in [-0.2, 0) is 0 Å². The van der Waals surface area contributed by atoms with Crippen LogP contribution in [0.4, 0.5) is 0 Å². The van der Waals surface area contributed by atoms with Crippen molar-refractivity contribution in [2.45, 2.75) is 0 Å². The molecule has 17 heavy (non-hydrogen) atoms. The molecule has 0 fully saturated rings. The van der Waals surface area contributed by atoms with E-state index in [9.17, 15) is 9.59 Å². The van der Waals surface area contributed by atoms with Gasteiger partial charge in [0.15, 0.2) is 5.75 Å². The zero-order valence-corrected chi connectivity index (χ0v) is 9.14. The molecule has 0 saturated carbocycles. The smallest absolute Gasteiger partial charge is 0.268 e. The van der Waals surface area contributed by atoms with E-state index in [2.05, 4.69) is 0 Å². The van der Waals surface area contributed by atoms with Crippen molar-refractivity contribution in [3.63, 3.8) is 0 Å². The molecule has 0 bridgehead atoms. The predicted molar refractivity (Wildman–Crippen MR) is 64.9 cm³/mol. The fourth-order valence-electron chi connectivity index (χ4n) is 1.45. The Morgan fingerprint density at radius 2 is 1.71 bits per heavy atom. The van der Waals surface area contributed by atoms with Crippen LogP contribution in [0.2, 0.25) is 0 Å². The molecule has 0 unspecified atom stereocenters. The third kappa shape index (κ3) is 1.97. The molecule has 86 valence electrons. The highest BCUT2D eigenvalue weighted by Gasteiger charge is 2.16. The first kappa shape index (κ1) is 11.1. The van der Waals surface area contributed by atoms with Crippen LogP contribution in [0.15, 0.2) is 33.9 Å². The summed E-state index contributed by atoms with van der Waals surface area (Å²) in [5.41, 5.74) is -0.560. The number of hydrogen-bond donors (Lipinski definition) is 1. The molecular formula is C13H10O4. The highest BCUT2D eigenvalue weighted by molar-refractivity contribution is 5.74. The molecular weight excluding hydrogens is 220 g/mol. The van der Waals surface area contributed by atoms with E-state index in [0.717, 1.165) is 11.3 Å². The van der Waals surface area contributed by atoms with Gasteiger partial charge in [-0.2, -0.15) is 0 Å². The van der Waals surface area contributed by atoms with Crippen molar-refractivity contribution in [1.29, 1.82) is 0 Å². The minimum atomic E-state index is -0.820. The number of aromatic hydroxyl groups is 1. The molecule has 0 aliphatic carbocycles. The maximum absolute atomic E-state index is 11.1. The molecule has 0 atom stereocenters. The normalized spacial score (nSPS) is 11.1. The monoisotopic (exact) mass is 230 g/mol. The Hall–Kier alpha value is -2.36. The summed E-state index contributed by atoms with van der Waals surface area (Å²) in [6.45, 7) is 0. The third-order valence-corrected chi connectivity index (χ3v) is 2.48. The average molecular weight is 230 g/mol. The Morgan fingerprint density at radius 1 is 1.06 bits per heavy atom. The van der Waals surface area contributed by atoms with Gasteiger partial charge in [0.25, 0.3) is 5.43 Å². The minimum Gasteiger partial charge on any atom is -0.504 e. The Morgan fingerprint density at radius 3 is 2.24 bits per heavy atom. The highest BCUT2D eigenvalue weighted by Crippen LogP contribution is 2.15. The number of rotatable bonds is 3. The SMILES string of the molecule is COc1ccc(/C=C/c2c(O)c(=O)c2=O)cc1.